The predicted molar refractivity (Wildman–Crippen MR) is 142 cm³/mol. The molecule has 11 heteroatoms. The van der Waals surface area contributed by atoms with E-state index >= 15 is 0 Å². The van der Waals surface area contributed by atoms with Gasteiger partial charge in [-0.25, -0.2) is 4.98 Å². The van der Waals surface area contributed by atoms with E-state index in [2.05, 4.69) is 10.3 Å². The normalized spacial score (nSPS) is 21.2. The van der Waals surface area contributed by atoms with E-state index in [1.165, 1.54) is 0 Å². The fraction of sp³-hybridized carbons (Fsp3) is 0.519. The van der Waals surface area contributed by atoms with E-state index in [4.69, 9.17) is 25.1 Å². The van der Waals surface area contributed by atoms with Gasteiger partial charge >= 0.3 is 0 Å². The van der Waals surface area contributed by atoms with Gasteiger partial charge in [-0.05, 0) is 62.1 Å². The van der Waals surface area contributed by atoms with Crippen LogP contribution in [0, 0.1) is 0 Å². The lowest BCUT2D eigenvalue weighted by Crippen LogP contribution is -2.33. The Kier molecular flexibility index (Phi) is 10.2. The summed E-state index contributed by atoms with van der Waals surface area (Å²) in [5.41, 5.74) is 7.91. The molecule has 208 valence electrons. The molecule has 0 bridgehead atoms. The first kappa shape index (κ1) is 28.1. The topological polar surface area (TPSA) is 164 Å². The Hall–Kier alpha value is -2.93. The molecule has 1 aromatic heterocycles. The van der Waals surface area contributed by atoms with Crippen LogP contribution < -0.4 is 20.5 Å². The first-order valence-electron chi connectivity index (χ1n) is 13.1. The number of benzene rings is 2. The van der Waals surface area contributed by atoms with E-state index < -0.39 is 31.1 Å². The van der Waals surface area contributed by atoms with Crippen molar-refractivity contribution >= 4 is 17.0 Å². The Balaban J connectivity index is 1.54. The average molecular weight is 531 g/mol. The second kappa shape index (κ2) is 13.7. The molecule has 3 aromatic rings. The van der Waals surface area contributed by atoms with E-state index in [1.54, 1.807) is 4.57 Å². The zero-order chi connectivity index (χ0) is 26.9. The zero-order valence-electron chi connectivity index (χ0n) is 21.4. The third-order valence-electron chi connectivity index (χ3n) is 6.49. The van der Waals surface area contributed by atoms with Crippen molar-refractivity contribution in [2.24, 2.45) is 5.73 Å². The smallest absolute Gasteiger partial charge is 0.206 e. The summed E-state index contributed by atoms with van der Waals surface area (Å²) in [7, 11) is 0. The summed E-state index contributed by atoms with van der Waals surface area (Å²) in [5.74, 6) is 1.72. The molecule has 1 aliphatic heterocycles. The van der Waals surface area contributed by atoms with Crippen LogP contribution in [0.25, 0.3) is 11.0 Å². The molecule has 1 aliphatic rings. The Morgan fingerprint density at radius 2 is 1.71 bits per heavy atom. The fourth-order valence-corrected chi connectivity index (χ4v) is 4.42. The maximum Gasteiger partial charge on any atom is 0.206 e. The molecule has 4 rings (SSSR count). The van der Waals surface area contributed by atoms with Crippen molar-refractivity contribution < 1.29 is 34.6 Å². The SMILES string of the molecule is NCCCCOc1ccc(CNc2nc3ccccc3n2[C@@H]2O[C@H](CO)[C@@H](O)[C@H]2O)cc1OCCCCO. The van der Waals surface area contributed by atoms with Crippen LogP contribution in [0.3, 0.4) is 0 Å². The van der Waals surface area contributed by atoms with Gasteiger partial charge in [0.1, 0.15) is 18.3 Å². The highest BCUT2D eigenvalue weighted by atomic mass is 16.6. The van der Waals surface area contributed by atoms with Crippen LogP contribution in [0.2, 0.25) is 0 Å². The maximum absolute atomic E-state index is 10.7. The quantitative estimate of drug-likeness (QED) is 0.159. The minimum absolute atomic E-state index is 0.117. The van der Waals surface area contributed by atoms with Gasteiger partial charge in [0.25, 0.3) is 0 Å². The van der Waals surface area contributed by atoms with Crippen LogP contribution in [-0.2, 0) is 11.3 Å². The van der Waals surface area contributed by atoms with Crippen molar-refractivity contribution in [3.63, 3.8) is 0 Å². The fourth-order valence-electron chi connectivity index (χ4n) is 4.42. The second-order valence-electron chi connectivity index (χ2n) is 9.28. The van der Waals surface area contributed by atoms with Gasteiger partial charge in [-0.3, -0.25) is 4.57 Å². The highest BCUT2D eigenvalue weighted by molar-refractivity contribution is 5.78. The van der Waals surface area contributed by atoms with Gasteiger partial charge in [-0.1, -0.05) is 18.2 Å². The van der Waals surface area contributed by atoms with E-state index in [0.29, 0.717) is 55.7 Å². The van der Waals surface area contributed by atoms with Gasteiger partial charge in [-0.15, -0.1) is 0 Å². The van der Waals surface area contributed by atoms with Crippen LogP contribution >= 0.6 is 0 Å². The van der Waals surface area contributed by atoms with Gasteiger partial charge in [0, 0.05) is 13.2 Å². The van der Waals surface area contributed by atoms with E-state index in [0.717, 1.165) is 30.3 Å². The summed E-state index contributed by atoms with van der Waals surface area (Å²) in [6.07, 6.45) is -1.17. The highest BCUT2D eigenvalue weighted by Crippen LogP contribution is 2.35. The Bertz CT molecular complexity index is 1160. The molecule has 38 heavy (non-hydrogen) atoms. The number of fused-ring (bicyclic) bond motifs is 1. The van der Waals surface area contributed by atoms with Crippen molar-refractivity contribution in [1.82, 2.24) is 9.55 Å². The third kappa shape index (κ3) is 6.55. The molecule has 1 fully saturated rings. The number of para-hydroxylation sites is 2. The number of unbranched alkanes of at least 4 members (excludes halogenated alkanes) is 2. The number of nitrogens with zero attached hydrogens (tertiary/aromatic N) is 2. The van der Waals surface area contributed by atoms with Crippen LogP contribution in [0.5, 0.6) is 11.5 Å². The molecule has 0 radical (unpaired) electrons. The van der Waals surface area contributed by atoms with Gasteiger partial charge < -0.3 is 45.7 Å². The summed E-state index contributed by atoms with van der Waals surface area (Å²) < 4.78 is 19.4. The molecule has 2 heterocycles. The second-order valence-corrected chi connectivity index (χ2v) is 9.28. The minimum atomic E-state index is -1.24. The molecule has 4 atom stereocenters. The van der Waals surface area contributed by atoms with Crippen molar-refractivity contribution in [1.29, 1.82) is 0 Å². The first-order chi connectivity index (χ1) is 18.6. The predicted octanol–water partition coefficient (Wildman–Crippen LogP) is 1.53. The van der Waals surface area contributed by atoms with Crippen molar-refractivity contribution in [3.05, 3.63) is 48.0 Å². The Morgan fingerprint density at radius 1 is 0.947 bits per heavy atom. The van der Waals surface area contributed by atoms with Gasteiger partial charge in [0.05, 0.1) is 30.9 Å². The lowest BCUT2D eigenvalue weighted by Gasteiger charge is -2.20. The average Bonchev–Trinajstić information content (AvgIpc) is 3.44. The number of nitrogens with one attached hydrogen (secondary N) is 1. The van der Waals surface area contributed by atoms with Crippen LogP contribution in [0.15, 0.2) is 42.5 Å². The van der Waals surface area contributed by atoms with E-state index in [-0.39, 0.29) is 6.61 Å². The molecule has 0 amide bonds. The Morgan fingerprint density at radius 3 is 2.45 bits per heavy atom. The molecule has 7 N–H and O–H groups in total. The number of rotatable bonds is 15. The third-order valence-corrected chi connectivity index (χ3v) is 6.49. The van der Waals surface area contributed by atoms with E-state index in [1.807, 2.05) is 42.5 Å². The number of hydrogen-bond donors (Lipinski definition) is 6. The monoisotopic (exact) mass is 530 g/mol. The largest absolute Gasteiger partial charge is 0.490 e. The van der Waals surface area contributed by atoms with Crippen LogP contribution in [0.4, 0.5) is 5.95 Å². The number of imidazole rings is 1. The molecule has 2 aromatic carbocycles. The zero-order valence-corrected chi connectivity index (χ0v) is 21.4. The molecule has 0 unspecified atom stereocenters. The molecule has 11 nitrogen and oxygen atoms in total. The minimum Gasteiger partial charge on any atom is -0.490 e. The van der Waals surface area contributed by atoms with E-state index in [9.17, 15) is 15.3 Å². The number of aromatic nitrogens is 2. The molecule has 1 saturated heterocycles. The number of nitrogens with two attached hydrogens (primary N) is 1. The van der Waals surface area contributed by atoms with Crippen molar-refractivity contribution in [3.8, 4) is 11.5 Å². The maximum atomic E-state index is 10.7. The lowest BCUT2D eigenvalue weighted by molar-refractivity contribution is -0.0499. The van der Waals surface area contributed by atoms with Crippen LogP contribution in [-0.4, -0.2) is 81.3 Å². The summed E-state index contributed by atoms with van der Waals surface area (Å²) in [5, 5.41) is 42.9. The van der Waals surface area contributed by atoms with Crippen molar-refractivity contribution in [2.45, 2.75) is 56.8 Å². The number of aliphatic hydroxyl groups excluding tert-OH is 4. The highest BCUT2D eigenvalue weighted by Gasteiger charge is 2.44. The van der Waals surface area contributed by atoms with Crippen molar-refractivity contribution in [2.75, 3.05) is 38.3 Å². The molecule has 0 aliphatic carbocycles. The molecule has 0 saturated carbocycles. The summed E-state index contributed by atoms with van der Waals surface area (Å²) in [4.78, 5) is 4.68. The summed E-state index contributed by atoms with van der Waals surface area (Å²) in [6.45, 7) is 1.70. The summed E-state index contributed by atoms with van der Waals surface area (Å²) >= 11 is 0. The van der Waals surface area contributed by atoms with Gasteiger partial charge in [0.15, 0.2) is 17.7 Å². The van der Waals surface area contributed by atoms with Gasteiger partial charge in [-0.2, -0.15) is 0 Å². The Labute approximate surface area is 221 Å². The number of ether oxygens (including phenoxy) is 3. The lowest BCUT2D eigenvalue weighted by atomic mass is 10.1. The standard InChI is InChI=1S/C27H38N4O7/c28-11-3-5-13-36-21-10-9-18(15-22(21)37-14-6-4-12-32)16-29-27-30-19-7-1-2-8-20(19)31(27)26-25(35)24(34)23(17-33)38-26/h1-2,7-10,15,23-26,32-35H,3-6,11-14,16-17,28H2,(H,29,30)/t23-,24-,25-,26-/m1/s1. The number of hydrogen-bond acceptors (Lipinski definition) is 10. The van der Waals surface area contributed by atoms with Gasteiger partial charge in [0.2, 0.25) is 5.95 Å². The first-order valence-corrected chi connectivity index (χ1v) is 13.1. The number of anilines is 1. The molecular formula is C27H38N4O7. The molecular weight excluding hydrogens is 492 g/mol. The van der Waals surface area contributed by atoms with Crippen LogP contribution in [0.1, 0.15) is 37.5 Å². The summed E-state index contributed by atoms with van der Waals surface area (Å²) in [6, 6.07) is 13.2. The molecule has 0 spiro atoms. The number of aliphatic hydroxyl groups is 4.